The topological polar surface area (TPSA) is 89.4 Å². The number of nitrogens with zero attached hydrogens (tertiary/aromatic N) is 4. The standard InChI is InChI=1S/C26H23ClFN5O3S/c27-24-10-9-22(37-24)13-17-14-23(32(15-17)25(34)16-33-29-11-12-30-33)26(35)31-19-3-7-21(8-4-19)36-20-5-1-18(28)2-6-20/h1-12,17,23H,13-16H2,(H,31,35)/t17-,23+/m1/s1. The van der Waals surface area contributed by atoms with Crippen LogP contribution in [-0.4, -0.2) is 44.3 Å². The summed E-state index contributed by atoms with van der Waals surface area (Å²) >= 11 is 7.60. The second-order valence-corrected chi connectivity index (χ2v) is 10.5. The van der Waals surface area contributed by atoms with Crippen molar-refractivity contribution in [2.75, 3.05) is 11.9 Å². The summed E-state index contributed by atoms with van der Waals surface area (Å²) in [5.41, 5.74) is 0.575. The molecule has 11 heteroatoms. The lowest BCUT2D eigenvalue weighted by molar-refractivity contribution is -0.137. The van der Waals surface area contributed by atoms with Crippen molar-refractivity contribution in [1.29, 1.82) is 0 Å². The molecule has 2 amide bonds. The molecule has 37 heavy (non-hydrogen) atoms. The number of carbonyl (C=O) groups excluding carboxylic acids is 2. The highest BCUT2D eigenvalue weighted by Gasteiger charge is 2.39. The summed E-state index contributed by atoms with van der Waals surface area (Å²) in [4.78, 5) is 30.5. The Bertz CT molecular complexity index is 1360. The molecule has 5 rings (SSSR count). The van der Waals surface area contributed by atoms with Gasteiger partial charge >= 0.3 is 0 Å². The van der Waals surface area contributed by atoms with Crippen LogP contribution >= 0.6 is 22.9 Å². The number of ether oxygens (including phenoxy) is 1. The van der Waals surface area contributed by atoms with E-state index >= 15 is 0 Å². The molecule has 0 aliphatic carbocycles. The molecule has 0 bridgehead atoms. The Morgan fingerprint density at radius 1 is 1.03 bits per heavy atom. The molecule has 2 aromatic carbocycles. The fourth-order valence-electron chi connectivity index (χ4n) is 4.35. The van der Waals surface area contributed by atoms with Crippen LogP contribution in [0.2, 0.25) is 4.34 Å². The summed E-state index contributed by atoms with van der Waals surface area (Å²) in [5, 5.41) is 10.9. The first-order chi connectivity index (χ1) is 17.9. The normalized spacial score (nSPS) is 17.1. The summed E-state index contributed by atoms with van der Waals surface area (Å²) in [7, 11) is 0. The van der Waals surface area contributed by atoms with E-state index in [9.17, 15) is 14.0 Å². The Labute approximate surface area is 221 Å². The van der Waals surface area contributed by atoms with Crippen LogP contribution < -0.4 is 10.1 Å². The minimum atomic E-state index is -0.626. The number of likely N-dealkylation sites (tertiary alicyclic amines) is 1. The van der Waals surface area contributed by atoms with Gasteiger partial charge in [0.2, 0.25) is 11.8 Å². The third kappa shape index (κ3) is 6.33. The number of benzene rings is 2. The van der Waals surface area contributed by atoms with Crippen LogP contribution in [0.5, 0.6) is 11.5 Å². The number of carbonyl (C=O) groups is 2. The quantitative estimate of drug-likeness (QED) is 0.339. The maximum absolute atomic E-state index is 13.3. The van der Waals surface area contributed by atoms with Crippen molar-refractivity contribution >= 4 is 40.4 Å². The third-order valence-electron chi connectivity index (χ3n) is 6.04. The molecule has 1 N–H and O–H groups in total. The maximum Gasteiger partial charge on any atom is 0.247 e. The van der Waals surface area contributed by atoms with E-state index in [-0.39, 0.29) is 30.1 Å². The van der Waals surface area contributed by atoms with Gasteiger partial charge in [-0.05, 0) is 79.4 Å². The number of hydrogen-bond donors (Lipinski definition) is 1. The fourth-order valence-corrected chi connectivity index (χ4v) is 5.55. The van der Waals surface area contributed by atoms with Crippen LogP contribution in [0, 0.1) is 11.7 Å². The molecule has 1 saturated heterocycles. The molecule has 2 aromatic heterocycles. The molecule has 2 atom stereocenters. The Hall–Kier alpha value is -3.76. The number of nitrogens with one attached hydrogen (secondary N) is 1. The molecule has 3 heterocycles. The second-order valence-electron chi connectivity index (χ2n) is 8.70. The molecule has 8 nitrogen and oxygen atoms in total. The number of hydrogen-bond acceptors (Lipinski definition) is 6. The summed E-state index contributed by atoms with van der Waals surface area (Å²) in [6.07, 6.45) is 4.29. The SMILES string of the molecule is O=C(Nc1ccc(Oc2ccc(F)cc2)cc1)[C@@H]1C[C@@H](Cc2ccc(Cl)s2)CN1C(=O)Cn1nccn1. The number of aromatic nitrogens is 3. The highest BCUT2D eigenvalue weighted by molar-refractivity contribution is 7.16. The molecule has 1 aliphatic rings. The smallest absolute Gasteiger partial charge is 0.247 e. The molecule has 4 aromatic rings. The van der Waals surface area contributed by atoms with Crippen molar-refractivity contribution < 1.29 is 18.7 Å². The van der Waals surface area contributed by atoms with Gasteiger partial charge in [-0.3, -0.25) is 9.59 Å². The molecule has 0 spiro atoms. The van der Waals surface area contributed by atoms with E-state index in [0.29, 0.717) is 34.5 Å². The van der Waals surface area contributed by atoms with Crippen LogP contribution in [0.1, 0.15) is 11.3 Å². The summed E-state index contributed by atoms with van der Waals surface area (Å²) in [6, 6.07) is 15.8. The van der Waals surface area contributed by atoms with Gasteiger partial charge in [-0.25, -0.2) is 4.39 Å². The zero-order valence-corrected chi connectivity index (χ0v) is 21.2. The highest BCUT2D eigenvalue weighted by Crippen LogP contribution is 2.31. The largest absolute Gasteiger partial charge is 0.457 e. The minimum absolute atomic E-state index is 0.0379. The first-order valence-electron chi connectivity index (χ1n) is 11.6. The van der Waals surface area contributed by atoms with E-state index in [1.54, 1.807) is 29.2 Å². The summed E-state index contributed by atoms with van der Waals surface area (Å²) in [6.45, 7) is 0.419. The monoisotopic (exact) mass is 539 g/mol. The first-order valence-corrected chi connectivity index (χ1v) is 12.8. The summed E-state index contributed by atoms with van der Waals surface area (Å²) in [5.74, 6) is 0.345. The van der Waals surface area contributed by atoms with Gasteiger partial charge in [0.25, 0.3) is 0 Å². The predicted molar refractivity (Wildman–Crippen MR) is 138 cm³/mol. The van der Waals surface area contributed by atoms with E-state index in [0.717, 1.165) is 11.3 Å². The van der Waals surface area contributed by atoms with Gasteiger partial charge in [0.15, 0.2) is 0 Å². The molecular weight excluding hydrogens is 517 g/mol. The van der Waals surface area contributed by atoms with Crippen molar-refractivity contribution in [1.82, 2.24) is 19.9 Å². The van der Waals surface area contributed by atoms with Crippen molar-refractivity contribution in [3.8, 4) is 11.5 Å². The zero-order chi connectivity index (χ0) is 25.8. The van der Waals surface area contributed by atoms with Gasteiger partial charge in [-0.2, -0.15) is 15.0 Å². The number of thiophene rings is 1. The molecule has 0 unspecified atom stereocenters. The van der Waals surface area contributed by atoms with Crippen LogP contribution in [-0.2, 0) is 22.6 Å². The third-order valence-corrected chi connectivity index (χ3v) is 7.30. The Kier molecular flexibility index (Phi) is 7.47. The van der Waals surface area contributed by atoms with E-state index in [1.165, 1.54) is 52.8 Å². The van der Waals surface area contributed by atoms with E-state index in [2.05, 4.69) is 15.5 Å². The molecule has 1 fully saturated rings. The predicted octanol–water partition coefficient (Wildman–Crippen LogP) is 5.02. The van der Waals surface area contributed by atoms with Gasteiger partial charge in [0.1, 0.15) is 29.9 Å². The van der Waals surface area contributed by atoms with Gasteiger partial charge in [-0.1, -0.05) is 11.6 Å². The van der Waals surface area contributed by atoms with Crippen molar-refractivity contribution in [3.63, 3.8) is 0 Å². The first kappa shape index (κ1) is 24.9. The Balaban J connectivity index is 1.26. The van der Waals surface area contributed by atoms with Crippen LogP contribution in [0.4, 0.5) is 10.1 Å². The minimum Gasteiger partial charge on any atom is -0.457 e. The molecule has 190 valence electrons. The Morgan fingerprint density at radius 2 is 1.70 bits per heavy atom. The highest BCUT2D eigenvalue weighted by atomic mass is 35.5. The van der Waals surface area contributed by atoms with Crippen LogP contribution in [0.15, 0.2) is 73.1 Å². The number of anilines is 1. The average Bonchev–Trinajstić information content (AvgIpc) is 3.64. The lowest BCUT2D eigenvalue weighted by Crippen LogP contribution is -2.44. The van der Waals surface area contributed by atoms with E-state index in [1.807, 2.05) is 12.1 Å². The van der Waals surface area contributed by atoms with Gasteiger partial charge in [-0.15, -0.1) is 11.3 Å². The van der Waals surface area contributed by atoms with Crippen LogP contribution in [0.25, 0.3) is 0 Å². The lowest BCUT2D eigenvalue weighted by Gasteiger charge is -2.23. The van der Waals surface area contributed by atoms with Gasteiger partial charge in [0, 0.05) is 17.1 Å². The number of rotatable bonds is 8. The van der Waals surface area contributed by atoms with E-state index in [4.69, 9.17) is 16.3 Å². The van der Waals surface area contributed by atoms with Crippen molar-refractivity contribution in [2.24, 2.45) is 5.92 Å². The van der Waals surface area contributed by atoms with Crippen LogP contribution in [0.3, 0.4) is 0 Å². The summed E-state index contributed by atoms with van der Waals surface area (Å²) < 4.78 is 19.5. The van der Waals surface area contributed by atoms with Gasteiger partial charge in [0.05, 0.1) is 16.7 Å². The average molecular weight is 540 g/mol. The zero-order valence-electron chi connectivity index (χ0n) is 19.6. The molecule has 0 radical (unpaired) electrons. The fraction of sp³-hybridized carbons (Fsp3) is 0.231. The lowest BCUT2D eigenvalue weighted by atomic mass is 10.0. The molecule has 1 aliphatic heterocycles. The van der Waals surface area contributed by atoms with Gasteiger partial charge < -0.3 is 15.0 Å². The molecular formula is C26H23ClFN5O3S. The second kappa shape index (κ2) is 11.1. The molecule has 0 saturated carbocycles. The maximum atomic E-state index is 13.3. The number of halogens is 2. The number of amides is 2. The Morgan fingerprint density at radius 3 is 2.35 bits per heavy atom. The van der Waals surface area contributed by atoms with Crippen molar-refractivity contribution in [3.05, 3.63) is 88.1 Å². The van der Waals surface area contributed by atoms with E-state index < -0.39 is 6.04 Å². The van der Waals surface area contributed by atoms with Crippen molar-refractivity contribution in [2.45, 2.75) is 25.4 Å².